The molecule has 144 valence electrons. The van der Waals surface area contributed by atoms with Crippen LogP contribution in [0, 0.1) is 5.92 Å². The van der Waals surface area contributed by atoms with Crippen molar-refractivity contribution in [1.29, 1.82) is 0 Å². The highest BCUT2D eigenvalue weighted by atomic mass is 32.2. The minimum absolute atomic E-state index is 0.0705. The summed E-state index contributed by atoms with van der Waals surface area (Å²) in [7, 11) is 0. The zero-order chi connectivity index (χ0) is 19.7. The van der Waals surface area contributed by atoms with Gasteiger partial charge in [0, 0.05) is 29.2 Å². The minimum Gasteiger partial charge on any atom is -0.461 e. The molecule has 3 heterocycles. The van der Waals surface area contributed by atoms with Gasteiger partial charge < -0.3 is 9.40 Å². The van der Waals surface area contributed by atoms with Crippen molar-refractivity contribution in [2.24, 2.45) is 5.92 Å². The van der Waals surface area contributed by atoms with E-state index in [0.29, 0.717) is 23.1 Å². The van der Waals surface area contributed by atoms with Crippen LogP contribution in [0.5, 0.6) is 0 Å². The smallest absolute Gasteiger partial charge is 0.200 e. The number of nitrogens with one attached hydrogen (secondary N) is 1. The van der Waals surface area contributed by atoms with Crippen molar-refractivity contribution >= 4 is 28.4 Å². The molecule has 0 bridgehead atoms. The van der Waals surface area contributed by atoms with Gasteiger partial charge >= 0.3 is 0 Å². The number of rotatable bonds is 7. The number of hydrogen-bond acceptors (Lipinski definition) is 5. The van der Waals surface area contributed by atoms with Crippen molar-refractivity contribution < 1.29 is 9.21 Å². The van der Waals surface area contributed by atoms with Crippen molar-refractivity contribution in [3.8, 4) is 11.6 Å². The molecule has 7 heteroatoms. The topological polar surface area (TPSA) is 76.7 Å². The third-order valence-corrected chi connectivity index (χ3v) is 5.59. The fourth-order valence-corrected chi connectivity index (χ4v) is 4.13. The van der Waals surface area contributed by atoms with Crippen LogP contribution >= 0.6 is 11.8 Å². The van der Waals surface area contributed by atoms with Gasteiger partial charge in [0.25, 0.3) is 0 Å². The Labute approximate surface area is 167 Å². The number of nitrogens with zero attached hydrogens (tertiary/aromatic N) is 3. The number of ketones is 1. The zero-order valence-electron chi connectivity index (χ0n) is 16.0. The third-order valence-electron chi connectivity index (χ3n) is 4.51. The Morgan fingerprint density at radius 2 is 2.00 bits per heavy atom. The lowest BCUT2D eigenvalue weighted by molar-refractivity contribution is 0.0995. The van der Waals surface area contributed by atoms with E-state index in [1.807, 2.05) is 47.9 Å². The maximum absolute atomic E-state index is 13.1. The average molecular weight is 395 g/mol. The predicted octanol–water partition coefficient (Wildman–Crippen LogP) is 5.04. The third kappa shape index (κ3) is 3.49. The van der Waals surface area contributed by atoms with E-state index in [0.717, 1.165) is 22.6 Å². The monoisotopic (exact) mass is 394 g/mol. The highest BCUT2D eigenvalue weighted by molar-refractivity contribution is 8.00. The maximum atomic E-state index is 13.1. The molecule has 1 N–H and O–H groups in total. The van der Waals surface area contributed by atoms with Crippen LogP contribution in [0.1, 0.15) is 31.1 Å². The van der Waals surface area contributed by atoms with Crippen LogP contribution in [0.4, 0.5) is 0 Å². The van der Waals surface area contributed by atoms with E-state index >= 15 is 0 Å². The molecule has 0 aliphatic rings. The molecule has 0 amide bonds. The van der Waals surface area contributed by atoms with Gasteiger partial charge in [0.2, 0.25) is 0 Å². The van der Waals surface area contributed by atoms with Crippen LogP contribution in [-0.2, 0) is 6.54 Å². The Kier molecular flexibility index (Phi) is 5.09. The number of aromatic amines is 1. The first-order valence-electron chi connectivity index (χ1n) is 9.28. The first-order valence-corrected chi connectivity index (χ1v) is 10.2. The number of aromatic nitrogens is 4. The van der Waals surface area contributed by atoms with Crippen LogP contribution in [0.2, 0.25) is 0 Å². The molecule has 4 aromatic rings. The van der Waals surface area contributed by atoms with Gasteiger partial charge in [0.15, 0.2) is 22.5 Å². The van der Waals surface area contributed by atoms with Crippen LogP contribution in [0.15, 0.2) is 58.4 Å². The number of thioether (sulfide) groups is 1. The summed E-state index contributed by atoms with van der Waals surface area (Å²) in [5.41, 5.74) is 1.67. The molecule has 0 aliphatic carbocycles. The zero-order valence-corrected chi connectivity index (χ0v) is 16.9. The van der Waals surface area contributed by atoms with E-state index in [4.69, 9.17) is 4.42 Å². The summed E-state index contributed by atoms with van der Waals surface area (Å²) in [6.07, 6.45) is 3.41. The summed E-state index contributed by atoms with van der Waals surface area (Å²) < 4.78 is 7.55. The Bertz CT molecular complexity index is 1090. The summed E-state index contributed by atoms with van der Waals surface area (Å²) in [5.74, 6) is 1.84. The second-order valence-corrected chi connectivity index (χ2v) is 8.47. The molecular weight excluding hydrogens is 372 g/mol. The first kappa shape index (κ1) is 18.6. The van der Waals surface area contributed by atoms with Crippen molar-refractivity contribution in [2.75, 3.05) is 0 Å². The lowest BCUT2D eigenvalue weighted by atomic mass is 10.1. The Morgan fingerprint density at radius 3 is 2.75 bits per heavy atom. The van der Waals surface area contributed by atoms with Crippen molar-refractivity contribution in [2.45, 2.75) is 37.7 Å². The van der Waals surface area contributed by atoms with Gasteiger partial charge in [-0.2, -0.15) is 0 Å². The molecule has 0 fully saturated rings. The van der Waals surface area contributed by atoms with Crippen LogP contribution in [0.25, 0.3) is 22.5 Å². The Morgan fingerprint density at radius 1 is 1.18 bits per heavy atom. The lowest BCUT2D eigenvalue weighted by Crippen LogP contribution is -2.15. The fraction of sp³-hybridized carbons (Fsp3) is 0.286. The van der Waals surface area contributed by atoms with Crippen molar-refractivity contribution in [3.05, 3.63) is 54.4 Å². The van der Waals surface area contributed by atoms with Gasteiger partial charge in [0.1, 0.15) is 0 Å². The van der Waals surface area contributed by atoms with Gasteiger partial charge in [0.05, 0.1) is 11.5 Å². The summed E-state index contributed by atoms with van der Waals surface area (Å²) in [5, 5.41) is 10.0. The lowest BCUT2D eigenvalue weighted by Gasteiger charge is -2.14. The van der Waals surface area contributed by atoms with Crippen molar-refractivity contribution in [3.63, 3.8) is 0 Å². The van der Waals surface area contributed by atoms with Gasteiger partial charge in [-0.1, -0.05) is 43.8 Å². The number of fused-ring (bicyclic) bond motifs is 1. The molecule has 28 heavy (non-hydrogen) atoms. The molecule has 0 saturated carbocycles. The number of H-pyrrole nitrogens is 1. The van der Waals surface area contributed by atoms with Gasteiger partial charge in [-0.15, -0.1) is 10.2 Å². The highest BCUT2D eigenvalue weighted by Gasteiger charge is 2.24. The molecular formula is C21H22N4O2S. The first-order chi connectivity index (χ1) is 13.5. The highest BCUT2D eigenvalue weighted by Crippen LogP contribution is 2.30. The quantitative estimate of drug-likeness (QED) is 0.351. The van der Waals surface area contributed by atoms with E-state index in [2.05, 4.69) is 29.0 Å². The largest absolute Gasteiger partial charge is 0.461 e. The fourth-order valence-electron chi connectivity index (χ4n) is 3.20. The van der Waals surface area contributed by atoms with E-state index in [1.54, 1.807) is 12.5 Å². The van der Waals surface area contributed by atoms with Gasteiger partial charge in [-0.3, -0.25) is 9.36 Å². The van der Waals surface area contributed by atoms with E-state index in [-0.39, 0.29) is 11.0 Å². The molecule has 1 aromatic carbocycles. The molecule has 0 spiro atoms. The molecule has 4 rings (SSSR count). The molecule has 1 atom stereocenters. The Balaban J connectivity index is 1.62. The van der Waals surface area contributed by atoms with E-state index in [9.17, 15) is 4.79 Å². The number of hydrogen-bond donors (Lipinski definition) is 1. The normalized spacial score (nSPS) is 12.7. The van der Waals surface area contributed by atoms with E-state index < -0.39 is 0 Å². The molecule has 0 aliphatic heterocycles. The standard InChI is InChI=1S/C21H22N4O2S/c1-13(2)12-25-20(18-9-6-10-27-18)23-24-21(25)28-14(3)19(26)16-11-22-17-8-5-4-7-15(16)17/h4-11,13-14,22H,12H2,1-3H3. The molecule has 6 nitrogen and oxygen atoms in total. The maximum Gasteiger partial charge on any atom is 0.200 e. The van der Waals surface area contributed by atoms with Crippen LogP contribution in [0.3, 0.4) is 0 Å². The van der Waals surface area contributed by atoms with Gasteiger partial charge in [-0.25, -0.2) is 0 Å². The summed E-state index contributed by atoms with van der Waals surface area (Å²) >= 11 is 1.43. The van der Waals surface area contributed by atoms with E-state index in [1.165, 1.54) is 11.8 Å². The van der Waals surface area contributed by atoms with Crippen molar-refractivity contribution in [1.82, 2.24) is 19.7 Å². The Hall–Kier alpha value is -2.80. The number of para-hydroxylation sites is 1. The SMILES string of the molecule is CC(C)Cn1c(SC(C)C(=O)c2c[nH]c3ccccc23)nnc1-c1ccco1. The summed E-state index contributed by atoms with van der Waals surface area (Å²) in [6.45, 7) is 6.94. The molecule has 0 saturated heterocycles. The summed E-state index contributed by atoms with van der Waals surface area (Å²) in [4.78, 5) is 16.2. The predicted molar refractivity (Wildman–Crippen MR) is 111 cm³/mol. The number of carbonyl (C=O) groups excluding carboxylic acids is 1. The number of furan rings is 1. The van der Waals surface area contributed by atoms with Crippen LogP contribution < -0.4 is 0 Å². The van der Waals surface area contributed by atoms with Gasteiger partial charge in [-0.05, 0) is 31.0 Å². The second kappa shape index (κ2) is 7.67. The number of Topliss-reactive ketones (excluding diaryl/α,β-unsaturated/α-hetero) is 1. The minimum atomic E-state index is -0.293. The molecule has 0 radical (unpaired) electrons. The second-order valence-electron chi connectivity index (χ2n) is 7.16. The summed E-state index contributed by atoms with van der Waals surface area (Å²) in [6, 6.07) is 11.5. The van der Waals surface area contributed by atoms with Crippen LogP contribution in [-0.4, -0.2) is 30.8 Å². The average Bonchev–Trinajstić information content (AvgIpc) is 3.41. The number of carbonyl (C=O) groups is 1. The molecule has 1 unspecified atom stereocenters. The number of benzene rings is 1. The molecule has 3 aromatic heterocycles.